The molecule has 1 aliphatic heterocycles. The maximum absolute atomic E-state index is 11.9. The SMILES string of the molecule is COCCCNC(=O)CN1CCN(CC2CCCCC2)CC1. The fourth-order valence-electron chi connectivity index (χ4n) is 3.57. The zero-order valence-corrected chi connectivity index (χ0v) is 14.2. The third-order valence-corrected chi connectivity index (χ3v) is 4.92. The van der Waals surface area contributed by atoms with Crippen molar-refractivity contribution in [3.8, 4) is 0 Å². The zero-order chi connectivity index (χ0) is 15.6. The van der Waals surface area contributed by atoms with Gasteiger partial charge in [0, 0.05) is 53.0 Å². The van der Waals surface area contributed by atoms with Crippen molar-refractivity contribution >= 4 is 5.91 Å². The molecule has 0 unspecified atom stereocenters. The van der Waals surface area contributed by atoms with Crippen LogP contribution in [0.5, 0.6) is 0 Å². The summed E-state index contributed by atoms with van der Waals surface area (Å²) >= 11 is 0. The molecule has 22 heavy (non-hydrogen) atoms. The number of amides is 1. The van der Waals surface area contributed by atoms with Gasteiger partial charge in [0.15, 0.2) is 0 Å². The molecule has 1 aliphatic carbocycles. The van der Waals surface area contributed by atoms with Crippen LogP contribution in [-0.2, 0) is 9.53 Å². The topological polar surface area (TPSA) is 44.8 Å². The van der Waals surface area contributed by atoms with Gasteiger partial charge >= 0.3 is 0 Å². The van der Waals surface area contributed by atoms with E-state index in [-0.39, 0.29) is 5.91 Å². The summed E-state index contributed by atoms with van der Waals surface area (Å²) in [5.74, 6) is 1.07. The van der Waals surface area contributed by atoms with Gasteiger partial charge in [-0.15, -0.1) is 0 Å². The van der Waals surface area contributed by atoms with Crippen molar-refractivity contribution in [3.05, 3.63) is 0 Å². The number of ether oxygens (including phenoxy) is 1. The molecule has 1 saturated heterocycles. The van der Waals surface area contributed by atoms with Crippen LogP contribution in [0.1, 0.15) is 38.5 Å². The van der Waals surface area contributed by atoms with Gasteiger partial charge in [-0.3, -0.25) is 9.69 Å². The Hall–Kier alpha value is -0.650. The number of carbonyl (C=O) groups excluding carboxylic acids is 1. The molecule has 0 radical (unpaired) electrons. The van der Waals surface area contributed by atoms with Crippen LogP contribution in [0.15, 0.2) is 0 Å². The monoisotopic (exact) mass is 311 g/mol. The molecule has 2 fully saturated rings. The lowest BCUT2D eigenvalue weighted by Crippen LogP contribution is -2.50. The second kappa shape index (κ2) is 10.2. The maximum atomic E-state index is 11.9. The fraction of sp³-hybridized carbons (Fsp3) is 0.941. The van der Waals surface area contributed by atoms with Gasteiger partial charge in [0.05, 0.1) is 6.54 Å². The van der Waals surface area contributed by atoms with Crippen molar-refractivity contribution in [2.45, 2.75) is 38.5 Å². The van der Waals surface area contributed by atoms with E-state index in [1.807, 2.05) is 0 Å². The van der Waals surface area contributed by atoms with Crippen molar-refractivity contribution in [2.75, 3.05) is 59.5 Å². The molecule has 0 spiro atoms. The van der Waals surface area contributed by atoms with E-state index in [2.05, 4.69) is 15.1 Å². The lowest BCUT2D eigenvalue weighted by molar-refractivity contribution is -0.122. The summed E-state index contributed by atoms with van der Waals surface area (Å²) in [5.41, 5.74) is 0. The third-order valence-electron chi connectivity index (χ3n) is 4.92. The number of hydrogen-bond donors (Lipinski definition) is 1. The molecule has 5 nitrogen and oxygen atoms in total. The van der Waals surface area contributed by atoms with E-state index in [9.17, 15) is 4.79 Å². The van der Waals surface area contributed by atoms with E-state index in [0.29, 0.717) is 19.7 Å². The van der Waals surface area contributed by atoms with Crippen LogP contribution >= 0.6 is 0 Å². The highest BCUT2D eigenvalue weighted by Gasteiger charge is 2.22. The summed E-state index contributed by atoms with van der Waals surface area (Å²) in [7, 11) is 1.69. The smallest absolute Gasteiger partial charge is 0.234 e. The van der Waals surface area contributed by atoms with Gasteiger partial charge < -0.3 is 15.0 Å². The van der Waals surface area contributed by atoms with E-state index in [0.717, 1.165) is 38.5 Å². The first-order valence-corrected chi connectivity index (χ1v) is 8.98. The number of nitrogens with zero attached hydrogens (tertiary/aromatic N) is 2. The average Bonchev–Trinajstić information content (AvgIpc) is 2.54. The van der Waals surface area contributed by atoms with Crippen LogP contribution in [-0.4, -0.2) is 75.2 Å². The first-order valence-electron chi connectivity index (χ1n) is 8.98. The molecule has 5 heteroatoms. The Balaban J connectivity index is 1.55. The van der Waals surface area contributed by atoms with Gasteiger partial charge in [-0.25, -0.2) is 0 Å². The van der Waals surface area contributed by atoms with Gasteiger partial charge in [0.2, 0.25) is 5.91 Å². The highest BCUT2D eigenvalue weighted by atomic mass is 16.5. The number of methoxy groups -OCH3 is 1. The number of piperazine rings is 1. The minimum Gasteiger partial charge on any atom is -0.385 e. The van der Waals surface area contributed by atoms with E-state index in [4.69, 9.17) is 4.74 Å². The molecule has 2 rings (SSSR count). The summed E-state index contributed by atoms with van der Waals surface area (Å²) in [5, 5.41) is 2.97. The van der Waals surface area contributed by atoms with Crippen LogP contribution in [0.25, 0.3) is 0 Å². The maximum Gasteiger partial charge on any atom is 0.234 e. The minimum atomic E-state index is 0.150. The second-order valence-corrected chi connectivity index (χ2v) is 6.78. The standard InChI is InChI=1S/C17H33N3O2/c1-22-13-5-8-18-17(21)15-20-11-9-19(10-12-20)14-16-6-3-2-4-7-16/h16H,2-15H2,1H3,(H,18,21). The quantitative estimate of drug-likeness (QED) is 0.687. The summed E-state index contributed by atoms with van der Waals surface area (Å²) in [4.78, 5) is 16.7. The van der Waals surface area contributed by atoms with Crippen molar-refractivity contribution in [3.63, 3.8) is 0 Å². The third kappa shape index (κ3) is 6.63. The second-order valence-electron chi connectivity index (χ2n) is 6.78. The van der Waals surface area contributed by atoms with Crippen LogP contribution in [0.3, 0.4) is 0 Å². The minimum absolute atomic E-state index is 0.150. The molecule has 0 aromatic heterocycles. The Morgan fingerprint density at radius 3 is 2.45 bits per heavy atom. The molecule has 0 bridgehead atoms. The molecule has 0 atom stereocenters. The molecule has 1 N–H and O–H groups in total. The van der Waals surface area contributed by atoms with Crippen LogP contribution in [0, 0.1) is 5.92 Å². The highest BCUT2D eigenvalue weighted by molar-refractivity contribution is 5.77. The Morgan fingerprint density at radius 2 is 1.77 bits per heavy atom. The Bertz CT molecular complexity index is 311. The highest BCUT2D eigenvalue weighted by Crippen LogP contribution is 2.24. The van der Waals surface area contributed by atoms with Crippen molar-refractivity contribution in [2.24, 2.45) is 5.92 Å². The molecule has 0 aromatic rings. The Labute approximate surface area is 135 Å². The lowest BCUT2D eigenvalue weighted by Gasteiger charge is -2.37. The number of rotatable bonds is 8. The van der Waals surface area contributed by atoms with Crippen molar-refractivity contribution in [1.29, 1.82) is 0 Å². The van der Waals surface area contributed by atoms with Crippen LogP contribution in [0.4, 0.5) is 0 Å². The predicted molar refractivity (Wildman–Crippen MR) is 89.0 cm³/mol. The molecule has 1 saturated carbocycles. The lowest BCUT2D eigenvalue weighted by atomic mass is 9.89. The van der Waals surface area contributed by atoms with Gasteiger partial charge in [-0.1, -0.05) is 19.3 Å². The van der Waals surface area contributed by atoms with Crippen molar-refractivity contribution < 1.29 is 9.53 Å². The van der Waals surface area contributed by atoms with Crippen molar-refractivity contribution in [1.82, 2.24) is 15.1 Å². The normalized spacial score (nSPS) is 21.9. The summed E-state index contributed by atoms with van der Waals surface area (Å²) < 4.78 is 4.98. The van der Waals surface area contributed by atoms with Gasteiger partial charge in [0.25, 0.3) is 0 Å². The predicted octanol–water partition coefficient (Wildman–Crippen LogP) is 1.34. The number of carbonyl (C=O) groups is 1. The first kappa shape index (κ1) is 17.7. The fourth-order valence-corrected chi connectivity index (χ4v) is 3.57. The average molecular weight is 311 g/mol. The molecule has 1 amide bonds. The van der Waals surface area contributed by atoms with Gasteiger partial charge in [-0.2, -0.15) is 0 Å². The van der Waals surface area contributed by atoms with E-state index >= 15 is 0 Å². The molecule has 128 valence electrons. The Kier molecular flexibility index (Phi) is 8.20. The molecular weight excluding hydrogens is 278 g/mol. The molecule has 0 aromatic carbocycles. The number of hydrogen-bond acceptors (Lipinski definition) is 4. The van der Waals surface area contributed by atoms with Gasteiger partial charge in [-0.05, 0) is 25.2 Å². The summed E-state index contributed by atoms with van der Waals surface area (Å²) in [6, 6.07) is 0. The van der Waals surface area contributed by atoms with Crippen LogP contribution in [0.2, 0.25) is 0 Å². The van der Waals surface area contributed by atoms with Crippen LogP contribution < -0.4 is 5.32 Å². The largest absolute Gasteiger partial charge is 0.385 e. The summed E-state index contributed by atoms with van der Waals surface area (Å²) in [6.45, 7) is 7.53. The van der Waals surface area contributed by atoms with Gasteiger partial charge in [0.1, 0.15) is 0 Å². The summed E-state index contributed by atoms with van der Waals surface area (Å²) in [6.07, 6.45) is 8.01. The molecular formula is C17H33N3O2. The Morgan fingerprint density at radius 1 is 1.09 bits per heavy atom. The molecule has 1 heterocycles. The van der Waals surface area contributed by atoms with E-state index < -0.39 is 0 Å². The van der Waals surface area contributed by atoms with E-state index in [1.54, 1.807) is 7.11 Å². The number of nitrogens with one attached hydrogen (secondary N) is 1. The zero-order valence-electron chi connectivity index (χ0n) is 14.2. The first-order chi connectivity index (χ1) is 10.8. The van der Waals surface area contributed by atoms with E-state index in [1.165, 1.54) is 38.6 Å². The molecule has 2 aliphatic rings.